The predicted octanol–water partition coefficient (Wildman–Crippen LogP) is 4.07. The van der Waals surface area contributed by atoms with Gasteiger partial charge in [-0.3, -0.25) is 14.3 Å². The molecule has 172 valence electrons. The second-order valence-electron chi connectivity index (χ2n) is 9.42. The van der Waals surface area contributed by atoms with Crippen molar-refractivity contribution in [3.63, 3.8) is 0 Å². The first-order chi connectivity index (χ1) is 15.5. The lowest BCUT2D eigenvalue weighted by Gasteiger charge is -2.43. The van der Waals surface area contributed by atoms with Crippen LogP contribution in [-0.4, -0.2) is 52.7 Å². The number of aromatic nitrogens is 2. The van der Waals surface area contributed by atoms with Gasteiger partial charge in [0.25, 0.3) is 11.8 Å². The van der Waals surface area contributed by atoms with Crippen molar-refractivity contribution in [1.82, 2.24) is 20.0 Å². The van der Waals surface area contributed by atoms with E-state index in [1.807, 2.05) is 49.1 Å². The van der Waals surface area contributed by atoms with Gasteiger partial charge in [-0.05, 0) is 57.7 Å². The molecule has 1 spiro atoms. The third-order valence-corrected chi connectivity index (χ3v) is 6.69. The number of amides is 2. The number of rotatable bonds is 2. The zero-order valence-electron chi connectivity index (χ0n) is 19.2. The second kappa shape index (κ2) is 9.76. The summed E-state index contributed by atoms with van der Waals surface area (Å²) in [6.45, 7) is 6.65. The van der Waals surface area contributed by atoms with Gasteiger partial charge in [-0.15, -0.1) is 0 Å². The van der Waals surface area contributed by atoms with E-state index in [2.05, 4.69) is 10.4 Å². The van der Waals surface area contributed by atoms with E-state index in [0.717, 1.165) is 45.1 Å². The smallest absolute Gasteiger partial charge is 0.272 e. The molecule has 7 nitrogen and oxygen atoms in total. The van der Waals surface area contributed by atoms with E-state index < -0.39 is 0 Å². The van der Waals surface area contributed by atoms with Crippen LogP contribution < -0.4 is 10.1 Å². The number of nitrogens with zero attached hydrogens (tertiary/aromatic N) is 3. The van der Waals surface area contributed by atoms with Gasteiger partial charge >= 0.3 is 0 Å². The first-order valence-electron chi connectivity index (χ1n) is 11.8. The van der Waals surface area contributed by atoms with Gasteiger partial charge in [0.2, 0.25) is 0 Å². The van der Waals surface area contributed by atoms with E-state index in [4.69, 9.17) is 4.74 Å². The number of nitrogens with one attached hydrogen (secondary N) is 1. The van der Waals surface area contributed by atoms with Gasteiger partial charge in [0, 0.05) is 37.3 Å². The van der Waals surface area contributed by atoms with Gasteiger partial charge in [-0.25, -0.2) is 0 Å². The van der Waals surface area contributed by atoms with Crippen LogP contribution in [0.1, 0.15) is 79.3 Å². The number of ether oxygens (including phenoxy) is 1. The number of piperidine rings is 1. The van der Waals surface area contributed by atoms with E-state index in [1.54, 1.807) is 10.9 Å². The highest BCUT2D eigenvalue weighted by Gasteiger charge is 2.38. The minimum Gasteiger partial charge on any atom is -0.493 e. The molecule has 0 bridgehead atoms. The number of carbonyl (C=O) groups excluding carboxylic acids is 2. The van der Waals surface area contributed by atoms with Crippen molar-refractivity contribution in [1.29, 1.82) is 0 Å². The first-order valence-corrected chi connectivity index (χ1v) is 11.8. The first kappa shape index (κ1) is 22.4. The highest BCUT2D eigenvalue weighted by Crippen LogP contribution is 2.36. The minimum atomic E-state index is -0.110. The summed E-state index contributed by atoms with van der Waals surface area (Å²) < 4.78 is 7.66. The van der Waals surface area contributed by atoms with Crippen LogP contribution in [0, 0.1) is 5.41 Å². The summed E-state index contributed by atoms with van der Waals surface area (Å²) >= 11 is 0. The maximum Gasteiger partial charge on any atom is 0.272 e. The largest absolute Gasteiger partial charge is 0.493 e. The number of para-hydroxylation sites is 1. The second-order valence-corrected chi connectivity index (χ2v) is 9.42. The topological polar surface area (TPSA) is 76.5 Å². The standard InChI is InChI=1S/C25H34N4O3/c1-19(2)29-21(11-14-27-29)24(31)28-15-8-13-25(18-28)12-6-3-7-16-32-22-10-5-4-9-20(22)23(30)26-17-25/h4-5,9-11,14,19H,3,6-8,12-13,15-18H2,1-2H3,(H,26,30). The summed E-state index contributed by atoms with van der Waals surface area (Å²) in [7, 11) is 0. The fraction of sp³-hybridized carbons (Fsp3) is 0.560. The monoisotopic (exact) mass is 438 g/mol. The van der Waals surface area contributed by atoms with Crippen molar-refractivity contribution >= 4 is 11.8 Å². The van der Waals surface area contributed by atoms with Crippen LogP contribution in [0.3, 0.4) is 0 Å². The lowest BCUT2D eigenvalue weighted by atomic mass is 9.75. The maximum absolute atomic E-state index is 13.4. The number of hydrogen-bond acceptors (Lipinski definition) is 4. The summed E-state index contributed by atoms with van der Waals surface area (Å²) in [6.07, 6.45) is 7.74. The Morgan fingerprint density at radius 2 is 1.94 bits per heavy atom. The Morgan fingerprint density at radius 3 is 2.78 bits per heavy atom. The highest BCUT2D eigenvalue weighted by atomic mass is 16.5. The molecule has 32 heavy (non-hydrogen) atoms. The van der Waals surface area contributed by atoms with E-state index in [-0.39, 0.29) is 23.3 Å². The lowest BCUT2D eigenvalue weighted by Crippen LogP contribution is -2.51. The molecule has 3 heterocycles. The molecule has 0 aliphatic carbocycles. The molecule has 1 aromatic carbocycles. The maximum atomic E-state index is 13.4. The predicted molar refractivity (Wildman–Crippen MR) is 123 cm³/mol. The Hall–Kier alpha value is -2.83. The van der Waals surface area contributed by atoms with Crippen LogP contribution in [0.25, 0.3) is 0 Å². The van der Waals surface area contributed by atoms with Crippen LogP contribution in [0.5, 0.6) is 5.75 Å². The van der Waals surface area contributed by atoms with Crippen molar-refractivity contribution in [2.45, 2.75) is 58.4 Å². The van der Waals surface area contributed by atoms with Crippen LogP contribution in [-0.2, 0) is 0 Å². The molecule has 0 radical (unpaired) electrons. The quantitative estimate of drug-likeness (QED) is 0.767. The average molecular weight is 439 g/mol. The summed E-state index contributed by atoms with van der Waals surface area (Å²) in [5, 5.41) is 7.50. The zero-order chi connectivity index (χ0) is 22.6. The summed E-state index contributed by atoms with van der Waals surface area (Å²) in [4.78, 5) is 28.3. The number of carbonyl (C=O) groups is 2. The van der Waals surface area contributed by atoms with Crippen molar-refractivity contribution in [3.8, 4) is 5.75 Å². The molecule has 1 unspecified atom stereocenters. The van der Waals surface area contributed by atoms with Crippen molar-refractivity contribution in [3.05, 3.63) is 47.8 Å². The summed E-state index contributed by atoms with van der Waals surface area (Å²) in [5.41, 5.74) is 1.11. The molecular weight excluding hydrogens is 404 g/mol. The van der Waals surface area contributed by atoms with Crippen LogP contribution in [0.2, 0.25) is 0 Å². The van der Waals surface area contributed by atoms with E-state index in [0.29, 0.717) is 36.7 Å². The van der Waals surface area contributed by atoms with Crippen molar-refractivity contribution in [2.24, 2.45) is 5.41 Å². The molecule has 4 rings (SSSR count). The molecule has 1 fully saturated rings. The number of benzene rings is 1. The molecule has 2 aliphatic heterocycles. The lowest BCUT2D eigenvalue weighted by molar-refractivity contribution is 0.0457. The van der Waals surface area contributed by atoms with Crippen LogP contribution in [0.15, 0.2) is 36.5 Å². The van der Waals surface area contributed by atoms with E-state index in [1.165, 1.54) is 0 Å². The Kier molecular flexibility index (Phi) is 6.82. The highest BCUT2D eigenvalue weighted by molar-refractivity contribution is 5.97. The van der Waals surface area contributed by atoms with Gasteiger partial charge in [-0.2, -0.15) is 5.10 Å². The van der Waals surface area contributed by atoms with Crippen LogP contribution >= 0.6 is 0 Å². The molecular formula is C25H34N4O3. The SMILES string of the molecule is CC(C)n1nccc1C(=O)N1CCCC2(CCCCCOc3ccccc3C(=O)NC2)C1. The fourth-order valence-corrected chi connectivity index (χ4v) is 4.98. The molecule has 1 aromatic heterocycles. The Morgan fingerprint density at radius 1 is 1.12 bits per heavy atom. The zero-order valence-corrected chi connectivity index (χ0v) is 19.2. The molecule has 1 N–H and O–H groups in total. The van der Waals surface area contributed by atoms with E-state index >= 15 is 0 Å². The third kappa shape index (κ3) is 4.81. The van der Waals surface area contributed by atoms with Gasteiger partial charge in [0.15, 0.2) is 0 Å². The molecule has 7 heteroatoms. The normalized spacial score (nSPS) is 22.5. The van der Waals surface area contributed by atoms with Gasteiger partial charge in [-0.1, -0.05) is 25.0 Å². The molecule has 0 saturated carbocycles. The summed E-state index contributed by atoms with van der Waals surface area (Å²) in [5.74, 6) is 0.565. The fourth-order valence-electron chi connectivity index (χ4n) is 4.98. The molecule has 2 amide bonds. The van der Waals surface area contributed by atoms with Crippen LogP contribution in [0.4, 0.5) is 0 Å². The third-order valence-electron chi connectivity index (χ3n) is 6.69. The molecule has 1 saturated heterocycles. The number of likely N-dealkylation sites (tertiary alicyclic amines) is 1. The molecule has 2 aliphatic rings. The Labute approximate surface area is 190 Å². The van der Waals surface area contributed by atoms with Crippen molar-refractivity contribution < 1.29 is 14.3 Å². The van der Waals surface area contributed by atoms with E-state index in [9.17, 15) is 9.59 Å². The molecule has 1 atom stereocenters. The minimum absolute atomic E-state index is 0.0338. The average Bonchev–Trinajstić information content (AvgIpc) is 3.29. The number of hydrogen-bond donors (Lipinski definition) is 1. The molecule has 2 aromatic rings. The number of fused-ring (bicyclic) bond motifs is 1. The van der Waals surface area contributed by atoms with Gasteiger partial charge in [0.05, 0.1) is 12.2 Å². The summed E-state index contributed by atoms with van der Waals surface area (Å²) in [6, 6.07) is 9.37. The van der Waals surface area contributed by atoms with Crippen molar-refractivity contribution in [2.75, 3.05) is 26.2 Å². The van der Waals surface area contributed by atoms with Gasteiger partial charge in [0.1, 0.15) is 11.4 Å². The Bertz CT molecular complexity index is 954. The van der Waals surface area contributed by atoms with Gasteiger partial charge < -0.3 is 15.0 Å². The Balaban J connectivity index is 1.54.